The van der Waals surface area contributed by atoms with Gasteiger partial charge in [0, 0.05) is 17.9 Å². The SMILES string of the molecule is CC(CCl)C(=O)Nc1cc(Cl)ncn1. The van der Waals surface area contributed by atoms with Crippen LogP contribution in [0.3, 0.4) is 0 Å². The second-order valence-electron chi connectivity index (χ2n) is 2.77. The van der Waals surface area contributed by atoms with E-state index in [-0.39, 0.29) is 22.9 Å². The number of carbonyl (C=O) groups is 1. The molecule has 0 spiro atoms. The molecule has 0 bridgehead atoms. The van der Waals surface area contributed by atoms with Crippen molar-refractivity contribution in [2.24, 2.45) is 5.92 Å². The Labute approximate surface area is 91.6 Å². The first kappa shape index (κ1) is 11.2. The van der Waals surface area contributed by atoms with Crippen molar-refractivity contribution in [3.63, 3.8) is 0 Å². The minimum atomic E-state index is -0.259. The minimum Gasteiger partial charge on any atom is -0.310 e. The lowest BCUT2D eigenvalue weighted by molar-refractivity contribution is -0.118. The molecule has 1 amide bonds. The summed E-state index contributed by atoms with van der Waals surface area (Å²) < 4.78 is 0. The second kappa shape index (κ2) is 5.12. The molecule has 0 saturated carbocycles. The predicted octanol–water partition coefficient (Wildman–Crippen LogP) is 1.94. The molecule has 0 aliphatic carbocycles. The Morgan fingerprint density at radius 1 is 1.64 bits per heavy atom. The van der Waals surface area contributed by atoms with E-state index >= 15 is 0 Å². The molecule has 0 aromatic carbocycles. The van der Waals surface area contributed by atoms with Crippen LogP contribution in [0.2, 0.25) is 5.15 Å². The number of anilines is 1. The van der Waals surface area contributed by atoms with Crippen molar-refractivity contribution >= 4 is 34.9 Å². The molecule has 1 aromatic rings. The number of nitrogens with zero attached hydrogens (tertiary/aromatic N) is 2. The summed E-state index contributed by atoms with van der Waals surface area (Å²) in [5, 5.41) is 2.86. The lowest BCUT2D eigenvalue weighted by atomic mass is 10.2. The topological polar surface area (TPSA) is 54.9 Å². The maximum atomic E-state index is 11.4. The summed E-state index contributed by atoms with van der Waals surface area (Å²) in [6.07, 6.45) is 1.28. The molecular formula is C8H9Cl2N3O. The first-order valence-corrected chi connectivity index (χ1v) is 4.89. The van der Waals surface area contributed by atoms with E-state index in [9.17, 15) is 4.79 Å². The Morgan fingerprint density at radius 3 is 2.93 bits per heavy atom. The van der Waals surface area contributed by atoms with E-state index in [1.807, 2.05) is 0 Å². The van der Waals surface area contributed by atoms with Crippen LogP contribution in [0.15, 0.2) is 12.4 Å². The number of carbonyl (C=O) groups excluding carboxylic acids is 1. The number of amides is 1. The van der Waals surface area contributed by atoms with Gasteiger partial charge in [0.1, 0.15) is 17.3 Å². The van der Waals surface area contributed by atoms with Crippen LogP contribution in [0.5, 0.6) is 0 Å². The van der Waals surface area contributed by atoms with Crippen molar-refractivity contribution in [2.45, 2.75) is 6.92 Å². The summed E-state index contributed by atoms with van der Waals surface area (Å²) in [7, 11) is 0. The molecule has 1 N–H and O–H groups in total. The molecule has 0 aliphatic heterocycles. The van der Waals surface area contributed by atoms with Crippen molar-refractivity contribution in [3.05, 3.63) is 17.5 Å². The number of hydrogen-bond donors (Lipinski definition) is 1. The summed E-state index contributed by atoms with van der Waals surface area (Å²) >= 11 is 11.1. The summed E-state index contributed by atoms with van der Waals surface area (Å²) in [6.45, 7) is 1.73. The van der Waals surface area contributed by atoms with E-state index in [0.29, 0.717) is 5.82 Å². The van der Waals surface area contributed by atoms with Gasteiger partial charge in [0.25, 0.3) is 0 Å². The molecule has 1 unspecified atom stereocenters. The molecular weight excluding hydrogens is 225 g/mol. The van der Waals surface area contributed by atoms with Gasteiger partial charge >= 0.3 is 0 Å². The zero-order chi connectivity index (χ0) is 10.6. The van der Waals surface area contributed by atoms with E-state index in [4.69, 9.17) is 23.2 Å². The summed E-state index contributed by atoms with van der Waals surface area (Å²) in [5.74, 6) is 0.206. The molecule has 0 radical (unpaired) electrons. The molecule has 0 aliphatic rings. The molecule has 6 heteroatoms. The van der Waals surface area contributed by atoms with Gasteiger partial charge in [-0.15, -0.1) is 11.6 Å². The highest BCUT2D eigenvalue weighted by Gasteiger charge is 2.11. The third-order valence-corrected chi connectivity index (χ3v) is 2.23. The van der Waals surface area contributed by atoms with Crippen LogP contribution in [0.4, 0.5) is 5.82 Å². The molecule has 0 saturated heterocycles. The fraction of sp³-hybridized carbons (Fsp3) is 0.375. The Balaban J connectivity index is 2.65. The summed E-state index contributed by atoms with van der Waals surface area (Å²) in [5.41, 5.74) is 0. The number of alkyl halides is 1. The van der Waals surface area contributed by atoms with E-state index in [0.717, 1.165) is 0 Å². The van der Waals surface area contributed by atoms with E-state index in [1.54, 1.807) is 6.92 Å². The highest BCUT2D eigenvalue weighted by Crippen LogP contribution is 2.10. The zero-order valence-electron chi connectivity index (χ0n) is 7.50. The fourth-order valence-electron chi connectivity index (χ4n) is 0.721. The first-order chi connectivity index (χ1) is 6.63. The van der Waals surface area contributed by atoms with Crippen LogP contribution in [-0.2, 0) is 4.79 Å². The maximum Gasteiger partial charge on any atom is 0.229 e. The standard InChI is InChI=1S/C8H9Cl2N3O/c1-5(3-9)8(14)13-7-2-6(10)11-4-12-7/h2,4-5H,3H2,1H3,(H,11,12,13,14). The second-order valence-corrected chi connectivity index (χ2v) is 3.47. The van der Waals surface area contributed by atoms with Crippen molar-refractivity contribution in [1.82, 2.24) is 9.97 Å². The summed E-state index contributed by atoms with van der Waals surface area (Å²) in [4.78, 5) is 18.9. The van der Waals surface area contributed by atoms with E-state index in [2.05, 4.69) is 15.3 Å². The predicted molar refractivity (Wildman–Crippen MR) is 55.6 cm³/mol. The number of nitrogens with one attached hydrogen (secondary N) is 1. The van der Waals surface area contributed by atoms with Gasteiger partial charge in [0.2, 0.25) is 5.91 Å². The van der Waals surface area contributed by atoms with Crippen molar-refractivity contribution in [1.29, 1.82) is 0 Å². The third kappa shape index (κ3) is 3.12. The zero-order valence-corrected chi connectivity index (χ0v) is 9.01. The van der Waals surface area contributed by atoms with Crippen LogP contribution in [0, 0.1) is 5.92 Å². The number of aromatic nitrogens is 2. The fourth-order valence-corrected chi connectivity index (χ4v) is 1.01. The molecule has 76 valence electrons. The van der Waals surface area contributed by atoms with Gasteiger partial charge < -0.3 is 5.32 Å². The number of hydrogen-bond acceptors (Lipinski definition) is 3. The molecule has 1 aromatic heterocycles. The number of rotatable bonds is 3. The quantitative estimate of drug-likeness (QED) is 0.642. The monoisotopic (exact) mass is 233 g/mol. The molecule has 0 fully saturated rings. The van der Waals surface area contributed by atoms with Crippen LogP contribution in [0.1, 0.15) is 6.92 Å². The average molecular weight is 234 g/mol. The van der Waals surface area contributed by atoms with Gasteiger partial charge in [0.15, 0.2) is 0 Å². The Hall–Kier alpha value is -0.870. The lowest BCUT2D eigenvalue weighted by Gasteiger charge is -2.07. The van der Waals surface area contributed by atoms with Gasteiger partial charge in [0.05, 0.1) is 0 Å². The van der Waals surface area contributed by atoms with Gasteiger partial charge in [-0.25, -0.2) is 9.97 Å². The molecule has 1 heterocycles. The number of halogens is 2. The molecule has 1 atom stereocenters. The average Bonchev–Trinajstić information content (AvgIpc) is 2.16. The lowest BCUT2D eigenvalue weighted by Crippen LogP contribution is -2.22. The molecule has 14 heavy (non-hydrogen) atoms. The Morgan fingerprint density at radius 2 is 2.36 bits per heavy atom. The smallest absolute Gasteiger partial charge is 0.229 e. The molecule has 1 rings (SSSR count). The van der Waals surface area contributed by atoms with Crippen molar-refractivity contribution in [2.75, 3.05) is 11.2 Å². The first-order valence-electron chi connectivity index (χ1n) is 3.98. The Kier molecular flexibility index (Phi) is 4.10. The Bertz CT molecular complexity index is 332. The highest BCUT2D eigenvalue weighted by molar-refractivity contribution is 6.29. The van der Waals surface area contributed by atoms with Crippen LogP contribution < -0.4 is 5.32 Å². The maximum absolute atomic E-state index is 11.4. The third-order valence-electron chi connectivity index (χ3n) is 1.56. The normalized spacial score (nSPS) is 12.2. The van der Waals surface area contributed by atoms with Gasteiger partial charge in [-0.05, 0) is 0 Å². The van der Waals surface area contributed by atoms with Crippen molar-refractivity contribution < 1.29 is 4.79 Å². The largest absolute Gasteiger partial charge is 0.310 e. The summed E-state index contributed by atoms with van der Waals surface area (Å²) in [6, 6.07) is 1.47. The van der Waals surface area contributed by atoms with E-state index in [1.165, 1.54) is 12.4 Å². The van der Waals surface area contributed by atoms with Gasteiger partial charge in [-0.3, -0.25) is 4.79 Å². The van der Waals surface area contributed by atoms with E-state index < -0.39 is 0 Å². The van der Waals surface area contributed by atoms with Gasteiger partial charge in [-0.1, -0.05) is 18.5 Å². The minimum absolute atomic E-state index is 0.185. The van der Waals surface area contributed by atoms with Crippen LogP contribution in [0.25, 0.3) is 0 Å². The highest BCUT2D eigenvalue weighted by atomic mass is 35.5. The van der Waals surface area contributed by atoms with Crippen LogP contribution >= 0.6 is 23.2 Å². The molecule has 4 nitrogen and oxygen atoms in total. The van der Waals surface area contributed by atoms with Gasteiger partial charge in [-0.2, -0.15) is 0 Å². The van der Waals surface area contributed by atoms with Crippen LogP contribution in [-0.4, -0.2) is 21.8 Å². The van der Waals surface area contributed by atoms with Crippen molar-refractivity contribution in [3.8, 4) is 0 Å².